The Bertz CT molecular complexity index is 432. The zero-order chi connectivity index (χ0) is 13.6. The number of rotatable bonds is 2. The molecule has 2 aliphatic carbocycles. The van der Waals surface area contributed by atoms with E-state index in [2.05, 4.69) is 0 Å². The van der Waals surface area contributed by atoms with Gasteiger partial charge in [0.1, 0.15) is 0 Å². The van der Waals surface area contributed by atoms with Crippen molar-refractivity contribution in [2.75, 3.05) is 7.11 Å². The van der Waals surface area contributed by atoms with Crippen LogP contribution in [-0.4, -0.2) is 54.5 Å². The lowest BCUT2D eigenvalue weighted by Gasteiger charge is -2.37. The van der Waals surface area contributed by atoms with Gasteiger partial charge in [0, 0.05) is 13.2 Å². The Morgan fingerprint density at radius 1 is 1.16 bits per heavy atom. The Hall–Kier alpha value is -0.170. The average Bonchev–Trinajstić information content (AvgIpc) is 2.63. The molecule has 2 bridgehead atoms. The standard InChI is InChI=1S/C13H23NO4S/c1-18-12-8-10-7-11(13(12)15)14(19(10,16)17)9-5-3-2-4-6-9/h9-13,15H,2-8H2,1H3. The summed E-state index contributed by atoms with van der Waals surface area (Å²) in [6.45, 7) is 0. The highest BCUT2D eigenvalue weighted by atomic mass is 32.2. The molecule has 0 radical (unpaired) electrons. The fourth-order valence-electron chi connectivity index (χ4n) is 4.06. The van der Waals surface area contributed by atoms with Crippen LogP contribution < -0.4 is 0 Å². The summed E-state index contributed by atoms with van der Waals surface area (Å²) in [7, 11) is -1.70. The SMILES string of the molecule is COC1CC2CC(C1O)N(C1CCCCC1)S2(=O)=O. The summed E-state index contributed by atoms with van der Waals surface area (Å²) in [4.78, 5) is 0. The van der Waals surface area contributed by atoms with Crippen LogP contribution >= 0.6 is 0 Å². The minimum Gasteiger partial charge on any atom is -0.389 e. The van der Waals surface area contributed by atoms with Crippen molar-refractivity contribution in [2.24, 2.45) is 0 Å². The van der Waals surface area contributed by atoms with Gasteiger partial charge in [0.25, 0.3) is 0 Å². The number of sulfonamides is 1. The topological polar surface area (TPSA) is 66.8 Å². The minimum absolute atomic E-state index is 0.0963. The number of aliphatic hydroxyl groups is 1. The number of methoxy groups -OCH3 is 1. The van der Waals surface area contributed by atoms with Crippen LogP contribution in [0.25, 0.3) is 0 Å². The van der Waals surface area contributed by atoms with Crippen LogP contribution in [0.5, 0.6) is 0 Å². The quantitative estimate of drug-likeness (QED) is 0.819. The first-order valence-corrected chi connectivity index (χ1v) is 8.79. The van der Waals surface area contributed by atoms with Crippen molar-refractivity contribution in [3.8, 4) is 0 Å². The third-order valence-corrected chi connectivity index (χ3v) is 7.44. The van der Waals surface area contributed by atoms with Crippen LogP contribution in [0.3, 0.4) is 0 Å². The smallest absolute Gasteiger partial charge is 0.217 e. The molecule has 4 unspecified atom stereocenters. The molecule has 4 atom stereocenters. The molecular weight excluding hydrogens is 266 g/mol. The predicted molar refractivity (Wildman–Crippen MR) is 71.2 cm³/mol. The van der Waals surface area contributed by atoms with Crippen molar-refractivity contribution in [1.29, 1.82) is 0 Å². The molecule has 1 aliphatic heterocycles. The molecule has 0 aromatic rings. The van der Waals surface area contributed by atoms with Gasteiger partial charge in [0.05, 0.1) is 23.5 Å². The van der Waals surface area contributed by atoms with Crippen molar-refractivity contribution in [3.63, 3.8) is 0 Å². The maximum Gasteiger partial charge on any atom is 0.217 e. The van der Waals surface area contributed by atoms with E-state index in [4.69, 9.17) is 4.74 Å². The fraction of sp³-hybridized carbons (Fsp3) is 1.00. The Labute approximate surface area is 115 Å². The monoisotopic (exact) mass is 289 g/mol. The summed E-state index contributed by atoms with van der Waals surface area (Å²) in [6.07, 6.45) is 5.24. The second-order valence-corrected chi connectivity index (χ2v) is 8.21. The van der Waals surface area contributed by atoms with Gasteiger partial charge in [-0.2, -0.15) is 4.31 Å². The van der Waals surface area contributed by atoms with Crippen molar-refractivity contribution in [1.82, 2.24) is 4.31 Å². The van der Waals surface area contributed by atoms with Gasteiger partial charge in [0.2, 0.25) is 10.0 Å². The van der Waals surface area contributed by atoms with E-state index in [0.29, 0.717) is 12.8 Å². The van der Waals surface area contributed by atoms with Gasteiger partial charge >= 0.3 is 0 Å². The highest BCUT2D eigenvalue weighted by Gasteiger charge is 2.56. The lowest BCUT2D eigenvalue weighted by Crippen LogP contribution is -2.51. The Kier molecular flexibility index (Phi) is 3.62. The van der Waals surface area contributed by atoms with Crippen molar-refractivity contribution >= 4 is 10.0 Å². The predicted octanol–water partition coefficient (Wildman–Crippen LogP) is 0.871. The molecule has 5 nitrogen and oxygen atoms in total. The van der Waals surface area contributed by atoms with Crippen LogP contribution in [0, 0.1) is 0 Å². The van der Waals surface area contributed by atoms with Crippen LogP contribution in [0.15, 0.2) is 0 Å². The summed E-state index contributed by atoms with van der Waals surface area (Å²) in [5, 5.41) is 10.0. The number of nitrogens with zero attached hydrogens (tertiary/aromatic N) is 1. The number of aliphatic hydroxyl groups excluding tert-OH is 1. The molecule has 0 amide bonds. The van der Waals surface area contributed by atoms with E-state index in [9.17, 15) is 13.5 Å². The van der Waals surface area contributed by atoms with E-state index < -0.39 is 16.1 Å². The Morgan fingerprint density at radius 2 is 1.84 bits per heavy atom. The van der Waals surface area contributed by atoms with Crippen LogP contribution in [-0.2, 0) is 14.8 Å². The maximum atomic E-state index is 12.6. The first-order chi connectivity index (χ1) is 9.05. The third kappa shape index (κ3) is 2.13. The van der Waals surface area contributed by atoms with Gasteiger partial charge in [-0.05, 0) is 25.7 Å². The molecule has 6 heteroatoms. The second-order valence-electron chi connectivity index (χ2n) is 6.09. The molecule has 0 spiro atoms. The molecule has 19 heavy (non-hydrogen) atoms. The van der Waals surface area contributed by atoms with Crippen LogP contribution in [0.4, 0.5) is 0 Å². The number of hydrogen-bond acceptors (Lipinski definition) is 4. The van der Waals surface area contributed by atoms with Gasteiger partial charge in [-0.25, -0.2) is 8.42 Å². The summed E-state index contributed by atoms with van der Waals surface area (Å²) in [5.74, 6) is 0. The third-order valence-electron chi connectivity index (χ3n) is 5.05. The lowest BCUT2D eigenvalue weighted by atomic mass is 9.87. The van der Waals surface area contributed by atoms with Crippen LogP contribution in [0.1, 0.15) is 44.9 Å². The van der Waals surface area contributed by atoms with E-state index in [-0.39, 0.29) is 23.4 Å². The molecule has 110 valence electrons. The molecule has 0 aromatic carbocycles. The molecular formula is C13H23NO4S. The minimum atomic E-state index is -3.25. The Morgan fingerprint density at radius 3 is 2.47 bits per heavy atom. The number of ether oxygens (including phenoxy) is 1. The summed E-state index contributed by atoms with van der Waals surface area (Å²) < 4.78 is 32.2. The van der Waals surface area contributed by atoms with E-state index in [0.717, 1.165) is 25.7 Å². The first-order valence-electron chi connectivity index (χ1n) is 7.29. The largest absolute Gasteiger partial charge is 0.389 e. The highest BCUT2D eigenvalue weighted by molar-refractivity contribution is 7.90. The molecule has 2 saturated carbocycles. The lowest BCUT2D eigenvalue weighted by molar-refractivity contribution is -0.0624. The first kappa shape index (κ1) is 13.8. The zero-order valence-electron chi connectivity index (χ0n) is 11.4. The summed E-state index contributed by atoms with van der Waals surface area (Å²) >= 11 is 0. The summed E-state index contributed by atoms with van der Waals surface area (Å²) in [6, 6.07) is -0.171. The van der Waals surface area contributed by atoms with Crippen molar-refractivity contribution in [2.45, 2.75) is 74.5 Å². The van der Waals surface area contributed by atoms with Crippen molar-refractivity contribution < 1.29 is 18.3 Å². The summed E-state index contributed by atoms with van der Waals surface area (Å²) in [5.41, 5.74) is 0. The van der Waals surface area contributed by atoms with E-state index >= 15 is 0 Å². The maximum absolute atomic E-state index is 12.6. The highest BCUT2D eigenvalue weighted by Crippen LogP contribution is 2.43. The molecule has 1 N–H and O–H groups in total. The number of fused-ring (bicyclic) bond motifs is 2. The molecule has 1 saturated heterocycles. The van der Waals surface area contributed by atoms with Gasteiger partial charge in [0.15, 0.2) is 0 Å². The van der Waals surface area contributed by atoms with Gasteiger partial charge in [-0.15, -0.1) is 0 Å². The molecule has 3 fully saturated rings. The Balaban J connectivity index is 1.90. The molecule has 3 rings (SSSR count). The van der Waals surface area contributed by atoms with E-state index in [1.54, 1.807) is 11.4 Å². The number of hydrogen-bond donors (Lipinski definition) is 1. The average molecular weight is 289 g/mol. The second kappa shape index (κ2) is 4.98. The van der Waals surface area contributed by atoms with Gasteiger partial charge in [-0.3, -0.25) is 0 Å². The normalized spacial score (nSPS) is 43.5. The van der Waals surface area contributed by atoms with Gasteiger partial charge < -0.3 is 9.84 Å². The van der Waals surface area contributed by atoms with Crippen LogP contribution in [0.2, 0.25) is 0 Å². The molecule has 3 aliphatic rings. The molecule has 1 heterocycles. The van der Waals surface area contributed by atoms with E-state index in [1.807, 2.05) is 0 Å². The zero-order valence-corrected chi connectivity index (χ0v) is 12.2. The molecule has 0 aromatic heterocycles. The van der Waals surface area contributed by atoms with Crippen molar-refractivity contribution in [3.05, 3.63) is 0 Å². The van der Waals surface area contributed by atoms with E-state index in [1.165, 1.54) is 6.42 Å². The van der Waals surface area contributed by atoms with Gasteiger partial charge in [-0.1, -0.05) is 19.3 Å². The fourth-order valence-corrected chi connectivity index (χ4v) is 6.49.